The van der Waals surface area contributed by atoms with Crippen molar-refractivity contribution in [2.75, 3.05) is 5.73 Å². The first-order valence-electron chi connectivity index (χ1n) is 7.35. The monoisotopic (exact) mass is 373 g/mol. The summed E-state index contributed by atoms with van der Waals surface area (Å²) in [4.78, 5) is 26.6. The molecule has 3 rings (SSSR count). The minimum atomic E-state index is -0.718. The Balaban J connectivity index is 1.68. The number of hydrogen-bond donors (Lipinski definition) is 1. The number of nitrogens with zero attached hydrogens (tertiary/aromatic N) is 2. The Morgan fingerprint density at radius 3 is 2.69 bits per heavy atom. The first kappa shape index (κ1) is 17.5. The van der Waals surface area contributed by atoms with Crippen LogP contribution >= 0.6 is 11.3 Å². The van der Waals surface area contributed by atoms with Gasteiger partial charge >= 0.3 is 5.97 Å². The number of nitrogens with two attached hydrogens (primary N) is 1. The molecule has 0 aliphatic carbocycles. The summed E-state index contributed by atoms with van der Waals surface area (Å²) in [7, 11) is 0. The van der Waals surface area contributed by atoms with Crippen molar-refractivity contribution in [1.82, 2.24) is 4.98 Å². The van der Waals surface area contributed by atoms with Crippen LogP contribution in [0.25, 0.3) is 10.6 Å². The highest BCUT2D eigenvalue weighted by Crippen LogP contribution is 2.25. The van der Waals surface area contributed by atoms with Crippen molar-refractivity contribution in [3.8, 4) is 10.6 Å². The van der Waals surface area contributed by atoms with Crippen molar-refractivity contribution < 1.29 is 18.8 Å². The van der Waals surface area contributed by atoms with Crippen LogP contribution in [0.15, 0.2) is 47.8 Å². The maximum absolute atomic E-state index is 13.0. The highest BCUT2D eigenvalue weighted by Gasteiger charge is 2.17. The number of ether oxygens (including phenoxy) is 1. The summed E-state index contributed by atoms with van der Waals surface area (Å²) < 4.78 is 18.1. The normalized spacial score (nSPS) is 10.5. The third kappa shape index (κ3) is 3.83. The molecule has 3 aromatic rings. The van der Waals surface area contributed by atoms with Gasteiger partial charge in [0.2, 0.25) is 0 Å². The Morgan fingerprint density at radius 1 is 1.27 bits per heavy atom. The van der Waals surface area contributed by atoms with Gasteiger partial charge in [-0.2, -0.15) is 0 Å². The molecule has 132 valence electrons. The van der Waals surface area contributed by atoms with E-state index in [1.165, 1.54) is 35.6 Å². The van der Waals surface area contributed by atoms with Crippen molar-refractivity contribution in [3.63, 3.8) is 0 Å². The van der Waals surface area contributed by atoms with Gasteiger partial charge in [-0.1, -0.05) is 0 Å². The average Bonchev–Trinajstić information content (AvgIpc) is 3.09. The number of aromatic nitrogens is 1. The molecular formula is C17H12FN3O4S. The molecule has 1 aromatic heterocycles. The van der Waals surface area contributed by atoms with Crippen molar-refractivity contribution in [2.45, 2.75) is 6.61 Å². The van der Waals surface area contributed by atoms with E-state index in [0.29, 0.717) is 10.7 Å². The van der Waals surface area contributed by atoms with E-state index >= 15 is 0 Å². The predicted octanol–water partition coefficient (Wildman–Crippen LogP) is 3.80. The number of esters is 1. The molecule has 0 saturated carbocycles. The van der Waals surface area contributed by atoms with Gasteiger partial charge in [0.1, 0.15) is 23.1 Å². The average molecular weight is 373 g/mol. The van der Waals surface area contributed by atoms with Crippen LogP contribution in [0.1, 0.15) is 16.1 Å². The minimum Gasteiger partial charge on any atom is -0.456 e. The van der Waals surface area contributed by atoms with E-state index in [1.807, 2.05) is 0 Å². The topological polar surface area (TPSA) is 108 Å². The van der Waals surface area contributed by atoms with E-state index in [4.69, 9.17) is 10.5 Å². The molecule has 0 bridgehead atoms. The maximum atomic E-state index is 13.0. The Hall–Kier alpha value is -3.33. The summed E-state index contributed by atoms with van der Waals surface area (Å²) >= 11 is 1.33. The van der Waals surface area contributed by atoms with Crippen molar-refractivity contribution in [3.05, 3.63) is 75.0 Å². The van der Waals surface area contributed by atoms with Gasteiger partial charge in [0.05, 0.1) is 16.2 Å². The number of carbonyl (C=O) groups excluding carboxylic acids is 1. The van der Waals surface area contributed by atoms with Crippen LogP contribution in [0.5, 0.6) is 0 Å². The summed E-state index contributed by atoms with van der Waals surface area (Å²) in [6.45, 7) is -0.0886. The van der Waals surface area contributed by atoms with Crippen molar-refractivity contribution in [1.29, 1.82) is 0 Å². The van der Waals surface area contributed by atoms with Gasteiger partial charge in [-0.05, 0) is 36.4 Å². The zero-order valence-electron chi connectivity index (χ0n) is 13.2. The Morgan fingerprint density at radius 2 is 2.00 bits per heavy atom. The molecule has 1 heterocycles. The lowest BCUT2D eigenvalue weighted by Gasteiger charge is -2.04. The molecule has 0 aliphatic rings. The van der Waals surface area contributed by atoms with E-state index < -0.39 is 10.9 Å². The lowest BCUT2D eigenvalue weighted by molar-refractivity contribution is -0.383. The summed E-state index contributed by atoms with van der Waals surface area (Å²) in [6.07, 6.45) is 0. The number of carbonyl (C=O) groups is 1. The number of nitro groups is 1. The fourth-order valence-electron chi connectivity index (χ4n) is 2.15. The smallest absolute Gasteiger partial charge is 0.338 e. The van der Waals surface area contributed by atoms with Gasteiger partial charge in [0.25, 0.3) is 5.69 Å². The maximum Gasteiger partial charge on any atom is 0.338 e. The molecule has 0 atom stereocenters. The van der Waals surface area contributed by atoms with Crippen LogP contribution in [0.2, 0.25) is 0 Å². The van der Waals surface area contributed by atoms with Gasteiger partial charge < -0.3 is 10.5 Å². The van der Waals surface area contributed by atoms with Crippen LogP contribution in [0, 0.1) is 15.9 Å². The number of benzene rings is 2. The molecule has 0 radical (unpaired) electrons. The van der Waals surface area contributed by atoms with Crippen LogP contribution in [0.3, 0.4) is 0 Å². The van der Waals surface area contributed by atoms with Gasteiger partial charge in [0, 0.05) is 17.0 Å². The number of anilines is 1. The summed E-state index contributed by atoms with van der Waals surface area (Å²) in [6, 6.07) is 9.60. The number of rotatable bonds is 5. The molecule has 2 aromatic carbocycles. The van der Waals surface area contributed by atoms with E-state index in [0.717, 1.165) is 11.6 Å². The first-order chi connectivity index (χ1) is 12.4. The van der Waals surface area contributed by atoms with Gasteiger partial charge in [-0.3, -0.25) is 10.1 Å². The van der Waals surface area contributed by atoms with Crippen LogP contribution < -0.4 is 5.73 Å². The summed E-state index contributed by atoms with van der Waals surface area (Å²) in [5.41, 5.74) is 6.41. The van der Waals surface area contributed by atoms with Gasteiger partial charge in [-0.25, -0.2) is 14.2 Å². The number of thiazole rings is 1. The lowest BCUT2D eigenvalue weighted by Crippen LogP contribution is -2.07. The van der Waals surface area contributed by atoms with Gasteiger partial charge in [0.15, 0.2) is 0 Å². The van der Waals surface area contributed by atoms with Gasteiger partial charge in [-0.15, -0.1) is 11.3 Å². The first-order valence-corrected chi connectivity index (χ1v) is 8.23. The number of halogens is 1. The van der Waals surface area contributed by atoms with Crippen LogP contribution in [0.4, 0.5) is 15.8 Å². The van der Waals surface area contributed by atoms with Crippen LogP contribution in [-0.2, 0) is 11.3 Å². The standard InChI is InChI=1S/C17H12FN3O4S/c18-12-4-1-10(2-5-12)16-20-13(9-26-16)8-25-17(22)11-3-6-14(19)15(7-11)21(23)24/h1-7,9H,8,19H2. The molecule has 2 N–H and O–H groups in total. The fourth-order valence-corrected chi connectivity index (χ4v) is 2.96. The zero-order valence-corrected chi connectivity index (χ0v) is 14.0. The molecule has 0 saturated heterocycles. The number of hydrogen-bond acceptors (Lipinski definition) is 7. The highest BCUT2D eigenvalue weighted by molar-refractivity contribution is 7.13. The second-order valence-electron chi connectivity index (χ2n) is 5.26. The van der Waals surface area contributed by atoms with Crippen molar-refractivity contribution >= 4 is 28.7 Å². The number of nitrogen functional groups attached to an aromatic ring is 1. The molecule has 0 fully saturated rings. The van der Waals surface area contributed by atoms with Crippen molar-refractivity contribution in [2.24, 2.45) is 0 Å². The summed E-state index contributed by atoms with van der Waals surface area (Å²) in [5, 5.41) is 13.3. The van der Waals surface area contributed by atoms with E-state index in [2.05, 4.69) is 4.98 Å². The predicted molar refractivity (Wildman–Crippen MR) is 94.1 cm³/mol. The molecule has 26 heavy (non-hydrogen) atoms. The second kappa shape index (κ2) is 7.28. The summed E-state index contributed by atoms with van der Waals surface area (Å²) in [5.74, 6) is -1.05. The van der Waals surface area contributed by atoms with Crippen LogP contribution in [-0.4, -0.2) is 15.9 Å². The second-order valence-corrected chi connectivity index (χ2v) is 6.12. The fraction of sp³-hybridized carbons (Fsp3) is 0.0588. The quantitative estimate of drug-likeness (QED) is 0.315. The minimum absolute atomic E-state index is 0.0277. The molecule has 0 unspecified atom stereocenters. The molecule has 0 spiro atoms. The molecule has 0 aliphatic heterocycles. The zero-order chi connectivity index (χ0) is 18.7. The Bertz CT molecular complexity index is 972. The Kier molecular flexibility index (Phi) is 4.90. The van der Waals surface area contributed by atoms with E-state index in [1.54, 1.807) is 17.5 Å². The molecule has 9 heteroatoms. The molecule has 0 amide bonds. The SMILES string of the molecule is Nc1ccc(C(=O)OCc2csc(-c3ccc(F)cc3)n2)cc1[N+](=O)[O-]. The molecular weight excluding hydrogens is 361 g/mol. The van der Waals surface area contributed by atoms with E-state index in [9.17, 15) is 19.3 Å². The Labute approximate surface area is 151 Å². The third-order valence-electron chi connectivity index (χ3n) is 3.46. The lowest BCUT2D eigenvalue weighted by atomic mass is 10.2. The largest absolute Gasteiger partial charge is 0.456 e. The highest BCUT2D eigenvalue weighted by atomic mass is 32.1. The molecule has 7 nitrogen and oxygen atoms in total. The van der Waals surface area contributed by atoms with E-state index in [-0.39, 0.29) is 29.4 Å². The number of nitro benzene ring substituents is 1. The third-order valence-corrected chi connectivity index (χ3v) is 4.40.